The minimum Gasteiger partial charge on any atom is -0.463 e. The molecule has 4 nitrogen and oxygen atoms in total. The average molecular weight is 310 g/mol. The van der Waals surface area contributed by atoms with E-state index in [4.69, 9.17) is 16.3 Å². The molecule has 0 aliphatic heterocycles. The van der Waals surface area contributed by atoms with Gasteiger partial charge in [0, 0.05) is 16.3 Å². The molecule has 0 saturated heterocycles. The number of ether oxygens (including phenoxy) is 1. The highest BCUT2D eigenvalue weighted by molar-refractivity contribution is 6.30. The first-order valence-electron chi connectivity index (χ1n) is 6.81. The lowest BCUT2D eigenvalue weighted by Gasteiger charge is -2.15. The molecule has 0 bridgehead atoms. The second kappa shape index (κ2) is 7.84. The fourth-order valence-corrected chi connectivity index (χ4v) is 2.07. The third kappa shape index (κ3) is 4.90. The summed E-state index contributed by atoms with van der Waals surface area (Å²) in [5, 5.41) is 3.30. The van der Waals surface area contributed by atoms with Gasteiger partial charge in [-0.15, -0.1) is 0 Å². The normalized spacial score (nSPS) is 11.9. The number of halogens is 1. The lowest BCUT2D eigenvalue weighted by molar-refractivity contribution is -0.139. The van der Waals surface area contributed by atoms with E-state index in [-0.39, 0.29) is 11.8 Å². The monoisotopic (exact) mass is 309 g/mol. The molecule has 0 heterocycles. The minimum atomic E-state index is -0.401. The molecule has 1 aromatic carbocycles. The summed E-state index contributed by atoms with van der Waals surface area (Å²) in [5.41, 5.74) is 1.45. The van der Waals surface area contributed by atoms with E-state index in [0.29, 0.717) is 28.5 Å². The summed E-state index contributed by atoms with van der Waals surface area (Å²) in [4.78, 5) is 24.1. The molecular weight excluding hydrogens is 290 g/mol. The van der Waals surface area contributed by atoms with Gasteiger partial charge in [-0.2, -0.15) is 0 Å². The van der Waals surface area contributed by atoms with Crippen LogP contribution in [-0.4, -0.2) is 18.5 Å². The number of benzene rings is 1. The van der Waals surface area contributed by atoms with Crippen molar-refractivity contribution >= 4 is 23.5 Å². The third-order valence-electron chi connectivity index (χ3n) is 2.88. The molecule has 1 amide bonds. The van der Waals surface area contributed by atoms with Crippen LogP contribution in [0.5, 0.6) is 0 Å². The molecule has 0 saturated carbocycles. The van der Waals surface area contributed by atoms with Crippen molar-refractivity contribution in [2.75, 3.05) is 6.61 Å². The maximum absolute atomic E-state index is 12.1. The lowest BCUT2D eigenvalue weighted by atomic mass is 10.0. The van der Waals surface area contributed by atoms with E-state index in [1.54, 1.807) is 38.1 Å². The van der Waals surface area contributed by atoms with Crippen molar-refractivity contribution in [2.45, 2.75) is 27.7 Å². The van der Waals surface area contributed by atoms with Crippen LogP contribution < -0.4 is 5.32 Å². The fraction of sp³-hybridized carbons (Fsp3) is 0.375. The van der Waals surface area contributed by atoms with Crippen molar-refractivity contribution in [3.63, 3.8) is 0 Å². The minimum absolute atomic E-state index is 0.0467. The highest BCUT2D eigenvalue weighted by atomic mass is 35.5. The van der Waals surface area contributed by atoms with Gasteiger partial charge in [-0.25, -0.2) is 4.79 Å². The Hall–Kier alpha value is -1.81. The van der Waals surface area contributed by atoms with Crippen LogP contribution in [0.2, 0.25) is 5.02 Å². The van der Waals surface area contributed by atoms with Gasteiger partial charge in [0.25, 0.3) is 5.91 Å². The number of esters is 1. The molecule has 0 aromatic heterocycles. The van der Waals surface area contributed by atoms with Crippen LogP contribution in [0.25, 0.3) is 0 Å². The lowest BCUT2D eigenvalue weighted by Crippen LogP contribution is -2.26. The summed E-state index contributed by atoms with van der Waals surface area (Å²) in [6.07, 6.45) is 0. The van der Waals surface area contributed by atoms with Gasteiger partial charge in [-0.3, -0.25) is 4.79 Å². The number of nitrogens with one attached hydrogen (secondary N) is 1. The second-order valence-electron chi connectivity index (χ2n) is 4.87. The zero-order chi connectivity index (χ0) is 16.0. The Balaban J connectivity index is 2.96. The van der Waals surface area contributed by atoms with Gasteiger partial charge in [0.05, 0.1) is 12.2 Å². The van der Waals surface area contributed by atoms with Gasteiger partial charge in [-0.1, -0.05) is 25.4 Å². The number of allylic oxidation sites excluding steroid dienone is 1. The summed E-state index contributed by atoms with van der Waals surface area (Å²) in [6, 6.07) is 6.54. The highest BCUT2D eigenvalue weighted by Crippen LogP contribution is 2.16. The van der Waals surface area contributed by atoms with Crippen molar-refractivity contribution in [3.8, 4) is 0 Å². The summed E-state index contributed by atoms with van der Waals surface area (Å²) < 4.78 is 5.02. The molecule has 21 heavy (non-hydrogen) atoms. The summed E-state index contributed by atoms with van der Waals surface area (Å²) >= 11 is 5.79. The number of amides is 1. The Bertz CT molecular complexity index is 547. The maximum atomic E-state index is 12.1. The number of hydrogen-bond donors (Lipinski definition) is 1. The maximum Gasteiger partial charge on any atom is 0.336 e. The first-order chi connectivity index (χ1) is 9.86. The topological polar surface area (TPSA) is 55.4 Å². The van der Waals surface area contributed by atoms with Crippen LogP contribution in [0, 0.1) is 5.92 Å². The van der Waals surface area contributed by atoms with Gasteiger partial charge < -0.3 is 10.1 Å². The van der Waals surface area contributed by atoms with E-state index < -0.39 is 5.97 Å². The van der Waals surface area contributed by atoms with Crippen molar-refractivity contribution in [1.82, 2.24) is 5.32 Å². The molecule has 0 radical (unpaired) electrons. The Morgan fingerprint density at radius 3 is 2.29 bits per heavy atom. The van der Waals surface area contributed by atoms with Gasteiger partial charge >= 0.3 is 5.97 Å². The molecule has 0 atom stereocenters. The predicted molar refractivity (Wildman–Crippen MR) is 83.1 cm³/mol. The van der Waals surface area contributed by atoms with E-state index in [1.165, 1.54) is 0 Å². The Morgan fingerprint density at radius 1 is 1.24 bits per heavy atom. The number of rotatable bonds is 5. The number of carbonyl (C=O) groups is 2. The summed E-state index contributed by atoms with van der Waals surface area (Å²) in [7, 11) is 0. The van der Waals surface area contributed by atoms with E-state index in [2.05, 4.69) is 5.32 Å². The molecule has 1 rings (SSSR count). The zero-order valence-corrected chi connectivity index (χ0v) is 13.5. The molecule has 114 valence electrons. The molecule has 0 aliphatic rings. The Labute approximate surface area is 130 Å². The average Bonchev–Trinajstić information content (AvgIpc) is 2.39. The molecule has 5 heteroatoms. The molecular formula is C16H20ClNO3. The largest absolute Gasteiger partial charge is 0.463 e. The molecule has 0 aliphatic carbocycles. The molecule has 1 N–H and O–H groups in total. The standard InChI is InChI=1S/C16H20ClNO3/c1-5-21-16(20)14(10(2)3)11(4)18-15(19)12-6-8-13(17)9-7-12/h6-10H,5H2,1-4H3,(H,18,19)/b14-11-. The Kier molecular flexibility index (Phi) is 6.43. The summed E-state index contributed by atoms with van der Waals surface area (Å²) in [5.74, 6) is -0.734. The third-order valence-corrected chi connectivity index (χ3v) is 3.14. The molecule has 0 spiro atoms. The first-order valence-corrected chi connectivity index (χ1v) is 7.19. The quantitative estimate of drug-likeness (QED) is 0.668. The van der Waals surface area contributed by atoms with Crippen LogP contribution in [0.15, 0.2) is 35.5 Å². The fourth-order valence-electron chi connectivity index (χ4n) is 1.94. The summed E-state index contributed by atoms with van der Waals surface area (Å²) in [6.45, 7) is 7.50. The smallest absolute Gasteiger partial charge is 0.336 e. The van der Waals surface area contributed by atoms with Crippen molar-refractivity contribution in [1.29, 1.82) is 0 Å². The Morgan fingerprint density at radius 2 is 1.81 bits per heavy atom. The molecule has 1 aromatic rings. The zero-order valence-electron chi connectivity index (χ0n) is 12.7. The number of hydrogen-bond acceptors (Lipinski definition) is 3. The van der Waals surface area contributed by atoms with Crippen LogP contribution in [0.4, 0.5) is 0 Å². The second-order valence-corrected chi connectivity index (χ2v) is 5.31. The van der Waals surface area contributed by atoms with Crippen LogP contribution in [0.3, 0.4) is 0 Å². The van der Waals surface area contributed by atoms with Gasteiger partial charge in [-0.05, 0) is 44.0 Å². The molecule has 0 unspecified atom stereocenters. The van der Waals surface area contributed by atoms with E-state index in [0.717, 1.165) is 0 Å². The van der Waals surface area contributed by atoms with Crippen LogP contribution >= 0.6 is 11.6 Å². The van der Waals surface area contributed by atoms with Gasteiger partial charge in [0.1, 0.15) is 0 Å². The first kappa shape index (κ1) is 17.2. The van der Waals surface area contributed by atoms with Crippen molar-refractivity contribution in [3.05, 3.63) is 46.1 Å². The highest BCUT2D eigenvalue weighted by Gasteiger charge is 2.19. The number of carbonyl (C=O) groups excluding carboxylic acids is 2. The van der Waals surface area contributed by atoms with Crippen LogP contribution in [-0.2, 0) is 9.53 Å². The van der Waals surface area contributed by atoms with Crippen LogP contribution in [0.1, 0.15) is 38.1 Å². The van der Waals surface area contributed by atoms with E-state index in [9.17, 15) is 9.59 Å². The van der Waals surface area contributed by atoms with Crippen molar-refractivity contribution in [2.24, 2.45) is 5.92 Å². The van der Waals surface area contributed by atoms with Gasteiger partial charge in [0.15, 0.2) is 0 Å². The molecule has 0 fully saturated rings. The van der Waals surface area contributed by atoms with Crippen molar-refractivity contribution < 1.29 is 14.3 Å². The predicted octanol–water partition coefficient (Wildman–Crippen LogP) is 3.56. The SMILES string of the molecule is CCOC(=O)/C(=C(/C)NC(=O)c1ccc(Cl)cc1)C(C)C. The van der Waals surface area contributed by atoms with E-state index in [1.807, 2.05) is 13.8 Å². The van der Waals surface area contributed by atoms with E-state index >= 15 is 0 Å². The van der Waals surface area contributed by atoms with Gasteiger partial charge in [0.2, 0.25) is 0 Å².